The Morgan fingerprint density at radius 1 is 1.09 bits per heavy atom. The lowest BCUT2D eigenvalue weighted by Crippen LogP contribution is -2.08. The fourth-order valence-corrected chi connectivity index (χ4v) is 2.58. The fourth-order valence-electron chi connectivity index (χ4n) is 2.21. The molecule has 3 rings (SSSR count). The van der Waals surface area contributed by atoms with Gasteiger partial charge in [-0.1, -0.05) is 17.7 Å². The predicted molar refractivity (Wildman–Crippen MR) is 82.3 cm³/mol. The Morgan fingerprint density at radius 2 is 1.87 bits per heavy atom. The molecule has 3 nitrogen and oxygen atoms in total. The lowest BCUT2D eigenvalue weighted by atomic mass is 10.0. The number of halogens is 5. The van der Waals surface area contributed by atoms with Gasteiger partial charge in [0.05, 0.1) is 22.7 Å². The van der Waals surface area contributed by atoms with Crippen LogP contribution in [0.4, 0.5) is 13.2 Å². The first-order chi connectivity index (χ1) is 10.9. The van der Waals surface area contributed by atoms with Crippen LogP contribution >= 0.6 is 23.2 Å². The molecule has 0 aliphatic heterocycles. The molecule has 1 aromatic carbocycles. The van der Waals surface area contributed by atoms with E-state index < -0.39 is 11.7 Å². The molecule has 2 aromatic heterocycles. The molecule has 118 valence electrons. The monoisotopic (exact) mass is 357 g/mol. The van der Waals surface area contributed by atoms with E-state index in [-0.39, 0.29) is 16.7 Å². The third-order valence-corrected chi connectivity index (χ3v) is 3.73. The highest BCUT2D eigenvalue weighted by molar-refractivity contribution is 6.34. The molecule has 0 unspecified atom stereocenters. The Morgan fingerprint density at radius 3 is 2.57 bits per heavy atom. The molecular weight excluding hydrogens is 350 g/mol. The number of hydrogen-bond acceptors (Lipinski definition) is 3. The zero-order valence-electron chi connectivity index (χ0n) is 11.4. The van der Waals surface area contributed by atoms with Crippen LogP contribution in [0.1, 0.15) is 11.4 Å². The summed E-state index contributed by atoms with van der Waals surface area (Å²) >= 11 is 11.7. The molecule has 0 amide bonds. The molecule has 0 fully saturated rings. The van der Waals surface area contributed by atoms with E-state index in [1.165, 1.54) is 24.4 Å². The molecule has 0 N–H and O–H groups in total. The molecule has 8 heteroatoms. The summed E-state index contributed by atoms with van der Waals surface area (Å²) < 4.78 is 39.4. The van der Waals surface area contributed by atoms with Crippen LogP contribution in [0.2, 0.25) is 5.15 Å². The highest BCUT2D eigenvalue weighted by Gasteiger charge is 2.34. The number of hydrogen-bond donors (Lipinski definition) is 0. The second kappa shape index (κ2) is 5.94. The average molecular weight is 358 g/mol. The number of alkyl halides is 4. The normalized spacial score (nSPS) is 11.9. The van der Waals surface area contributed by atoms with Gasteiger partial charge in [-0.2, -0.15) is 13.2 Å². The van der Waals surface area contributed by atoms with Gasteiger partial charge in [-0.15, -0.1) is 11.6 Å². The fraction of sp³-hybridized carbons (Fsp3) is 0.133. The first kappa shape index (κ1) is 16.0. The molecule has 2 heterocycles. The van der Waals surface area contributed by atoms with Crippen LogP contribution in [0.5, 0.6) is 0 Å². The van der Waals surface area contributed by atoms with Crippen molar-refractivity contribution in [3.05, 3.63) is 53.1 Å². The Kier molecular flexibility index (Phi) is 4.12. The van der Waals surface area contributed by atoms with E-state index in [0.717, 1.165) is 6.07 Å². The van der Waals surface area contributed by atoms with Crippen LogP contribution in [-0.2, 0) is 12.1 Å². The number of pyridine rings is 1. The number of benzene rings is 1. The van der Waals surface area contributed by atoms with E-state index in [1.807, 2.05) is 0 Å². The van der Waals surface area contributed by atoms with Crippen molar-refractivity contribution in [1.29, 1.82) is 0 Å². The van der Waals surface area contributed by atoms with Gasteiger partial charge in [-0.3, -0.25) is 4.98 Å². The highest BCUT2D eigenvalue weighted by Crippen LogP contribution is 2.36. The molecular formula is C15H8Cl2F3N3. The third kappa shape index (κ3) is 3.09. The van der Waals surface area contributed by atoms with Gasteiger partial charge in [0.25, 0.3) is 0 Å². The molecule has 3 aromatic rings. The third-order valence-electron chi connectivity index (χ3n) is 3.20. The van der Waals surface area contributed by atoms with Gasteiger partial charge < -0.3 is 0 Å². The van der Waals surface area contributed by atoms with E-state index in [4.69, 9.17) is 23.2 Å². The molecule has 0 radical (unpaired) electrons. The summed E-state index contributed by atoms with van der Waals surface area (Å²) in [6, 6.07) is 6.81. The van der Waals surface area contributed by atoms with Crippen LogP contribution in [0.15, 0.2) is 36.5 Å². The summed E-state index contributed by atoms with van der Waals surface area (Å²) in [5, 5.41) is 0.739. The first-order valence-corrected chi connectivity index (χ1v) is 7.36. The van der Waals surface area contributed by atoms with E-state index >= 15 is 0 Å². The molecule has 0 bridgehead atoms. The smallest absolute Gasteiger partial charge is 0.256 e. The topological polar surface area (TPSA) is 38.7 Å². The maximum absolute atomic E-state index is 13.1. The van der Waals surface area contributed by atoms with Crippen LogP contribution in [0.25, 0.3) is 22.2 Å². The SMILES string of the molecule is FC(F)(F)c1cccnc1-c1ccc2c(Cl)nc(CCl)nc2c1. The van der Waals surface area contributed by atoms with E-state index in [1.54, 1.807) is 6.07 Å². The largest absolute Gasteiger partial charge is 0.418 e. The lowest BCUT2D eigenvalue weighted by Gasteiger charge is -2.12. The Hall–Kier alpha value is -1.92. The van der Waals surface area contributed by atoms with Gasteiger partial charge in [0, 0.05) is 17.1 Å². The zero-order valence-corrected chi connectivity index (χ0v) is 12.9. The van der Waals surface area contributed by atoms with E-state index in [0.29, 0.717) is 22.3 Å². The molecule has 0 aliphatic carbocycles. The van der Waals surface area contributed by atoms with Crippen LogP contribution in [0, 0.1) is 0 Å². The van der Waals surface area contributed by atoms with Crippen molar-refractivity contribution in [1.82, 2.24) is 15.0 Å². The Labute approximate surface area is 139 Å². The van der Waals surface area contributed by atoms with Crippen molar-refractivity contribution in [2.75, 3.05) is 0 Å². The quantitative estimate of drug-likeness (QED) is 0.472. The zero-order chi connectivity index (χ0) is 16.6. The average Bonchev–Trinajstić information content (AvgIpc) is 2.53. The molecule has 0 aliphatic rings. The maximum atomic E-state index is 13.1. The van der Waals surface area contributed by atoms with Gasteiger partial charge in [0.1, 0.15) is 11.0 Å². The lowest BCUT2D eigenvalue weighted by molar-refractivity contribution is -0.137. The number of fused-ring (bicyclic) bond motifs is 1. The second-order valence-corrected chi connectivity index (χ2v) is 5.32. The summed E-state index contributed by atoms with van der Waals surface area (Å²) in [5.41, 5.74) is -0.265. The number of aromatic nitrogens is 3. The van der Waals surface area contributed by atoms with Crippen LogP contribution in [0.3, 0.4) is 0 Å². The van der Waals surface area contributed by atoms with E-state index in [9.17, 15) is 13.2 Å². The highest BCUT2D eigenvalue weighted by atomic mass is 35.5. The van der Waals surface area contributed by atoms with Crippen molar-refractivity contribution < 1.29 is 13.2 Å². The maximum Gasteiger partial charge on any atom is 0.418 e. The molecule has 0 spiro atoms. The Balaban J connectivity index is 2.22. The second-order valence-electron chi connectivity index (χ2n) is 4.69. The molecule has 23 heavy (non-hydrogen) atoms. The van der Waals surface area contributed by atoms with Gasteiger partial charge >= 0.3 is 6.18 Å². The van der Waals surface area contributed by atoms with Crippen LogP contribution < -0.4 is 0 Å². The number of nitrogens with zero attached hydrogens (tertiary/aromatic N) is 3. The van der Waals surface area contributed by atoms with Crippen molar-refractivity contribution in [2.45, 2.75) is 12.1 Å². The Bertz CT molecular complexity index is 881. The minimum Gasteiger partial charge on any atom is -0.256 e. The number of rotatable bonds is 2. The van der Waals surface area contributed by atoms with Gasteiger partial charge in [0.15, 0.2) is 0 Å². The summed E-state index contributed by atoms with van der Waals surface area (Å²) in [4.78, 5) is 12.1. The van der Waals surface area contributed by atoms with Crippen molar-refractivity contribution in [2.24, 2.45) is 0 Å². The molecule has 0 saturated carbocycles. The minimum absolute atomic E-state index is 0.0529. The standard InChI is InChI=1S/C15H8Cl2F3N3/c16-7-12-22-11-6-8(3-4-9(11)14(17)23-12)13-10(15(18,19)20)2-1-5-21-13/h1-6H,7H2. The minimum atomic E-state index is -4.50. The summed E-state index contributed by atoms with van der Waals surface area (Å²) in [5.74, 6) is 0.357. The van der Waals surface area contributed by atoms with Crippen molar-refractivity contribution in [3.63, 3.8) is 0 Å². The van der Waals surface area contributed by atoms with E-state index in [2.05, 4.69) is 15.0 Å². The molecule has 0 saturated heterocycles. The summed E-state index contributed by atoms with van der Waals surface area (Å²) in [7, 11) is 0. The van der Waals surface area contributed by atoms with Crippen molar-refractivity contribution in [3.8, 4) is 11.3 Å². The predicted octanol–water partition coefficient (Wildman–Crippen LogP) is 5.10. The summed E-state index contributed by atoms with van der Waals surface area (Å²) in [6.07, 6.45) is -3.19. The van der Waals surface area contributed by atoms with Crippen molar-refractivity contribution >= 4 is 34.1 Å². The van der Waals surface area contributed by atoms with Gasteiger partial charge in [-0.25, -0.2) is 9.97 Å². The molecule has 0 atom stereocenters. The first-order valence-electron chi connectivity index (χ1n) is 6.45. The van der Waals surface area contributed by atoms with Crippen LogP contribution in [-0.4, -0.2) is 15.0 Å². The van der Waals surface area contributed by atoms with Gasteiger partial charge in [-0.05, 0) is 24.3 Å². The van der Waals surface area contributed by atoms with Gasteiger partial charge in [0.2, 0.25) is 0 Å². The summed E-state index contributed by atoms with van der Waals surface area (Å²) in [6.45, 7) is 0.